The molecule has 0 bridgehead atoms. The first kappa shape index (κ1) is 20.8. The van der Waals surface area contributed by atoms with Gasteiger partial charge >= 0.3 is 5.69 Å². The third-order valence-electron chi connectivity index (χ3n) is 5.28. The van der Waals surface area contributed by atoms with Crippen LogP contribution in [0, 0.1) is 0 Å². The Labute approximate surface area is 186 Å². The molecular formula is C24H20BrN3O3. The van der Waals surface area contributed by atoms with E-state index < -0.39 is 11.2 Å². The molecule has 1 N–H and O–H groups in total. The minimum absolute atomic E-state index is 0.0270. The number of aromatic nitrogens is 2. The van der Waals surface area contributed by atoms with Crippen molar-refractivity contribution in [3.05, 3.63) is 97.6 Å². The molecule has 4 rings (SSSR count). The zero-order valence-electron chi connectivity index (χ0n) is 17.1. The van der Waals surface area contributed by atoms with E-state index in [4.69, 9.17) is 0 Å². The molecule has 0 fully saturated rings. The topological polar surface area (TPSA) is 73.1 Å². The fourth-order valence-electron chi connectivity index (χ4n) is 3.61. The van der Waals surface area contributed by atoms with Gasteiger partial charge in [0.2, 0.25) is 5.91 Å². The van der Waals surface area contributed by atoms with E-state index in [1.807, 2.05) is 48.5 Å². The van der Waals surface area contributed by atoms with Crippen LogP contribution in [-0.4, -0.2) is 15.0 Å². The highest BCUT2D eigenvalue weighted by molar-refractivity contribution is 9.10. The average Bonchev–Trinajstić information content (AvgIpc) is 2.77. The molecule has 0 aliphatic rings. The molecule has 4 aromatic rings. The second-order valence-electron chi connectivity index (χ2n) is 7.33. The molecule has 3 aromatic carbocycles. The molecule has 0 aliphatic carbocycles. The molecular weight excluding hydrogens is 458 g/mol. The zero-order valence-corrected chi connectivity index (χ0v) is 18.6. The Kier molecular flexibility index (Phi) is 5.61. The second kappa shape index (κ2) is 8.35. The van der Waals surface area contributed by atoms with Gasteiger partial charge in [0, 0.05) is 24.3 Å². The van der Waals surface area contributed by atoms with Crippen molar-refractivity contribution in [2.75, 3.05) is 5.32 Å². The lowest BCUT2D eigenvalue weighted by atomic mass is 10.0. The molecule has 0 radical (unpaired) electrons. The standard InChI is InChI=1S/C24H20BrN3O3/c1-27-20-5-3-4-17(22(20)23(30)28(2)24(27)31)14-21(29)26-19-12-8-16(9-13-19)15-6-10-18(25)11-7-15/h3-13H,14H2,1-2H3,(H,26,29). The number of fused-ring (bicyclic) bond motifs is 1. The molecule has 0 unspecified atom stereocenters. The second-order valence-corrected chi connectivity index (χ2v) is 8.24. The fourth-order valence-corrected chi connectivity index (χ4v) is 3.87. The summed E-state index contributed by atoms with van der Waals surface area (Å²) in [5.41, 5.74) is 3.09. The Hall–Kier alpha value is -3.45. The van der Waals surface area contributed by atoms with Gasteiger partial charge in [0.1, 0.15) is 0 Å². The predicted octanol–water partition coefficient (Wildman–Crippen LogP) is 3.85. The summed E-state index contributed by atoms with van der Waals surface area (Å²) in [6.07, 6.45) is 0.0270. The minimum atomic E-state index is -0.402. The SMILES string of the molecule is Cn1c(=O)c2c(CC(=O)Nc3ccc(-c4ccc(Br)cc4)cc3)cccc2n(C)c1=O. The van der Waals surface area contributed by atoms with Crippen molar-refractivity contribution in [1.82, 2.24) is 9.13 Å². The van der Waals surface area contributed by atoms with Crippen LogP contribution in [0.15, 0.2) is 80.8 Å². The number of rotatable bonds is 4. The largest absolute Gasteiger partial charge is 0.330 e. The van der Waals surface area contributed by atoms with Crippen molar-refractivity contribution in [1.29, 1.82) is 0 Å². The van der Waals surface area contributed by atoms with Crippen molar-refractivity contribution < 1.29 is 4.79 Å². The molecule has 1 amide bonds. The monoisotopic (exact) mass is 477 g/mol. The van der Waals surface area contributed by atoms with E-state index in [-0.39, 0.29) is 12.3 Å². The van der Waals surface area contributed by atoms with Gasteiger partial charge in [-0.3, -0.25) is 18.7 Å². The number of benzene rings is 3. The van der Waals surface area contributed by atoms with Gasteiger partial charge in [-0.25, -0.2) is 4.79 Å². The first-order valence-corrected chi connectivity index (χ1v) is 10.5. The summed E-state index contributed by atoms with van der Waals surface area (Å²) in [7, 11) is 3.05. The number of amides is 1. The maximum absolute atomic E-state index is 12.7. The van der Waals surface area contributed by atoms with Crippen LogP contribution in [0.1, 0.15) is 5.56 Å². The summed E-state index contributed by atoms with van der Waals surface area (Å²) in [4.78, 5) is 37.5. The number of nitrogens with one attached hydrogen (secondary N) is 1. The maximum Gasteiger partial charge on any atom is 0.330 e. The number of halogens is 1. The number of hydrogen-bond donors (Lipinski definition) is 1. The summed E-state index contributed by atoms with van der Waals surface area (Å²) in [5.74, 6) is -0.236. The highest BCUT2D eigenvalue weighted by atomic mass is 79.9. The Morgan fingerprint density at radius 3 is 2.13 bits per heavy atom. The third kappa shape index (κ3) is 4.09. The van der Waals surface area contributed by atoms with Crippen molar-refractivity contribution in [3.63, 3.8) is 0 Å². The fraction of sp³-hybridized carbons (Fsp3) is 0.125. The van der Waals surface area contributed by atoms with Crippen LogP contribution in [0.3, 0.4) is 0 Å². The zero-order chi connectivity index (χ0) is 22.1. The average molecular weight is 478 g/mol. The third-order valence-corrected chi connectivity index (χ3v) is 5.81. The van der Waals surface area contributed by atoms with Gasteiger partial charge in [-0.05, 0) is 47.0 Å². The molecule has 0 atom stereocenters. The van der Waals surface area contributed by atoms with E-state index in [2.05, 4.69) is 21.2 Å². The Morgan fingerprint density at radius 2 is 1.48 bits per heavy atom. The first-order chi connectivity index (χ1) is 14.8. The highest BCUT2D eigenvalue weighted by Gasteiger charge is 2.14. The highest BCUT2D eigenvalue weighted by Crippen LogP contribution is 2.23. The van der Waals surface area contributed by atoms with Crippen LogP contribution in [-0.2, 0) is 25.3 Å². The molecule has 1 aromatic heterocycles. The van der Waals surface area contributed by atoms with E-state index in [0.29, 0.717) is 22.2 Å². The van der Waals surface area contributed by atoms with Crippen LogP contribution >= 0.6 is 15.9 Å². The number of carbonyl (C=O) groups excluding carboxylic acids is 1. The number of nitrogens with zero attached hydrogens (tertiary/aromatic N) is 2. The minimum Gasteiger partial charge on any atom is -0.326 e. The van der Waals surface area contributed by atoms with Crippen LogP contribution in [0.25, 0.3) is 22.0 Å². The number of carbonyl (C=O) groups is 1. The lowest BCUT2D eigenvalue weighted by Gasteiger charge is -2.11. The van der Waals surface area contributed by atoms with Crippen molar-refractivity contribution in [2.24, 2.45) is 14.1 Å². The Balaban J connectivity index is 1.57. The normalized spacial score (nSPS) is 10.9. The lowest BCUT2D eigenvalue weighted by molar-refractivity contribution is -0.115. The van der Waals surface area contributed by atoms with Gasteiger partial charge in [0.15, 0.2) is 0 Å². The smallest absolute Gasteiger partial charge is 0.326 e. The van der Waals surface area contributed by atoms with Crippen LogP contribution in [0.5, 0.6) is 0 Å². The Morgan fingerprint density at radius 1 is 0.871 bits per heavy atom. The van der Waals surface area contributed by atoms with E-state index in [1.165, 1.54) is 11.6 Å². The maximum atomic E-state index is 12.7. The predicted molar refractivity (Wildman–Crippen MR) is 126 cm³/mol. The van der Waals surface area contributed by atoms with Crippen LogP contribution in [0.4, 0.5) is 5.69 Å². The molecule has 156 valence electrons. The van der Waals surface area contributed by atoms with E-state index in [1.54, 1.807) is 25.2 Å². The van der Waals surface area contributed by atoms with Crippen molar-refractivity contribution >= 4 is 38.4 Å². The van der Waals surface area contributed by atoms with Gasteiger partial charge in [-0.2, -0.15) is 0 Å². The molecule has 0 saturated heterocycles. The van der Waals surface area contributed by atoms with Crippen molar-refractivity contribution in [2.45, 2.75) is 6.42 Å². The van der Waals surface area contributed by atoms with Gasteiger partial charge in [-0.1, -0.05) is 52.3 Å². The van der Waals surface area contributed by atoms with Crippen LogP contribution < -0.4 is 16.6 Å². The van der Waals surface area contributed by atoms with Gasteiger partial charge in [0.25, 0.3) is 5.56 Å². The molecule has 6 nitrogen and oxygen atoms in total. The summed E-state index contributed by atoms with van der Waals surface area (Å²) < 4.78 is 3.49. The van der Waals surface area contributed by atoms with Gasteiger partial charge < -0.3 is 5.32 Å². The molecule has 0 aliphatic heterocycles. The molecule has 0 saturated carbocycles. The summed E-state index contributed by atoms with van der Waals surface area (Å²) in [6, 6.07) is 20.8. The van der Waals surface area contributed by atoms with E-state index in [9.17, 15) is 14.4 Å². The van der Waals surface area contributed by atoms with Crippen LogP contribution in [0.2, 0.25) is 0 Å². The molecule has 1 heterocycles. The quantitative estimate of drug-likeness (QED) is 0.485. The van der Waals surface area contributed by atoms with Gasteiger partial charge in [-0.15, -0.1) is 0 Å². The van der Waals surface area contributed by atoms with Gasteiger partial charge in [0.05, 0.1) is 17.3 Å². The molecule has 7 heteroatoms. The first-order valence-electron chi connectivity index (χ1n) is 9.68. The molecule has 31 heavy (non-hydrogen) atoms. The molecule has 0 spiro atoms. The number of hydrogen-bond acceptors (Lipinski definition) is 3. The number of aryl methyl sites for hydroxylation is 1. The lowest BCUT2D eigenvalue weighted by Crippen LogP contribution is -2.37. The Bertz CT molecular complexity index is 1400. The summed E-state index contributed by atoms with van der Waals surface area (Å²) in [5, 5.41) is 3.26. The summed E-state index contributed by atoms with van der Waals surface area (Å²) in [6.45, 7) is 0. The van der Waals surface area contributed by atoms with E-state index >= 15 is 0 Å². The van der Waals surface area contributed by atoms with E-state index in [0.717, 1.165) is 20.2 Å². The summed E-state index contributed by atoms with van der Waals surface area (Å²) >= 11 is 3.43. The number of anilines is 1. The van der Waals surface area contributed by atoms with Crippen molar-refractivity contribution in [3.8, 4) is 11.1 Å².